The van der Waals surface area contributed by atoms with E-state index in [9.17, 15) is 4.79 Å². The molecule has 0 amide bonds. The van der Waals surface area contributed by atoms with Gasteiger partial charge in [0, 0.05) is 6.04 Å². The van der Waals surface area contributed by atoms with Gasteiger partial charge in [0.05, 0.1) is 5.92 Å². The first-order valence-electron chi connectivity index (χ1n) is 3.73. The number of fused-ring (bicyclic) bond motifs is 2. The first kappa shape index (κ1) is 6.16. The third kappa shape index (κ3) is 0.736. The Bertz CT molecular complexity index is 169. The molecule has 2 rings (SSSR count). The Labute approximate surface area is 59.4 Å². The van der Waals surface area contributed by atoms with Crippen molar-refractivity contribution >= 4 is 5.97 Å². The zero-order chi connectivity index (χ0) is 7.14. The highest BCUT2D eigenvalue weighted by atomic mass is 16.4. The Balaban J connectivity index is 2.08. The topological polar surface area (TPSA) is 49.3 Å². The van der Waals surface area contributed by atoms with E-state index in [1.54, 1.807) is 0 Å². The van der Waals surface area contributed by atoms with Crippen LogP contribution in [0.4, 0.5) is 0 Å². The molecule has 1 aliphatic carbocycles. The Morgan fingerprint density at radius 1 is 1.50 bits per heavy atom. The number of nitrogens with one attached hydrogen (secondary N) is 1. The number of carboxylic acid groups (broad SMARTS) is 1. The van der Waals surface area contributed by atoms with Gasteiger partial charge >= 0.3 is 5.97 Å². The Morgan fingerprint density at radius 3 is 2.60 bits per heavy atom. The van der Waals surface area contributed by atoms with Crippen molar-refractivity contribution in [3.63, 3.8) is 0 Å². The number of aliphatic carboxylic acids is 1. The molecule has 2 fully saturated rings. The fraction of sp³-hybridized carbons (Fsp3) is 0.857. The first-order valence-corrected chi connectivity index (χ1v) is 3.73. The van der Waals surface area contributed by atoms with Crippen molar-refractivity contribution in [3.05, 3.63) is 0 Å². The third-order valence-electron chi connectivity index (χ3n) is 2.68. The predicted octanol–water partition coefficient (Wildman–Crippen LogP) is 0.0690. The first-order chi connectivity index (χ1) is 4.77. The lowest BCUT2D eigenvalue weighted by atomic mass is 9.96. The van der Waals surface area contributed by atoms with E-state index in [0.717, 1.165) is 19.4 Å². The molecule has 0 spiro atoms. The van der Waals surface area contributed by atoms with Crippen molar-refractivity contribution < 1.29 is 9.90 Å². The quantitative estimate of drug-likeness (QED) is 0.543. The van der Waals surface area contributed by atoms with E-state index in [1.165, 1.54) is 0 Å². The minimum absolute atomic E-state index is 0.0498. The molecule has 0 unspecified atom stereocenters. The van der Waals surface area contributed by atoms with E-state index in [4.69, 9.17) is 5.11 Å². The van der Waals surface area contributed by atoms with E-state index in [2.05, 4.69) is 5.32 Å². The summed E-state index contributed by atoms with van der Waals surface area (Å²) in [6.45, 7) is 0.918. The van der Waals surface area contributed by atoms with Gasteiger partial charge in [0.1, 0.15) is 0 Å². The summed E-state index contributed by atoms with van der Waals surface area (Å²) in [5, 5.41) is 12.0. The van der Waals surface area contributed by atoms with E-state index < -0.39 is 5.97 Å². The highest BCUT2D eigenvalue weighted by Crippen LogP contribution is 2.36. The molecule has 2 aliphatic rings. The molecule has 0 radical (unpaired) electrons. The summed E-state index contributed by atoms with van der Waals surface area (Å²) >= 11 is 0. The van der Waals surface area contributed by atoms with E-state index in [1.807, 2.05) is 0 Å². The van der Waals surface area contributed by atoms with Gasteiger partial charge in [0.25, 0.3) is 0 Å². The standard InChI is InChI=1S/C7H11NO2/c9-7(10)6-2-5-1-4(6)3-8-5/h4-6,8H,1-3H2,(H,9,10)/t4-,5-,6+/m0/s1. The van der Waals surface area contributed by atoms with Gasteiger partial charge in [-0.25, -0.2) is 0 Å². The zero-order valence-electron chi connectivity index (χ0n) is 5.71. The number of carbonyl (C=O) groups is 1. The lowest BCUT2D eigenvalue weighted by molar-refractivity contribution is -0.143. The number of hydrogen-bond acceptors (Lipinski definition) is 2. The summed E-state index contributed by atoms with van der Waals surface area (Å²) in [7, 11) is 0. The molecule has 0 aromatic carbocycles. The molecule has 3 nitrogen and oxygen atoms in total. The number of rotatable bonds is 1. The number of hydrogen-bond donors (Lipinski definition) is 2. The molecule has 10 heavy (non-hydrogen) atoms. The second kappa shape index (κ2) is 1.95. The number of piperidine rings is 1. The average molecular weight is 141 g/mol. The summed E-state index contributed by atoms with van der Waals surface area (Å²) in [4.78, 5) is 10.6. The van der Waals surface area contributed by atoms with Crippen molar-refractivity contribution in [1.82, 2.24) is 5.32 Å². The Hall–Kier alpha value is -0.570. The highest BCUT2D eigenvalue weighted by molar-refractivity contribution is 5.71. The molecule has 1 heterocycles. The largest absolute Gasteiger partial charge is 0.481 e. The van der Waals surface area contributed by atoms with Crippen molar-refractivity contribution in [3.8, 4) is 0 Å². The predicted molar refractivity (Wildman–Crippen MR) is 35.6 cm³/mol. The minimum Gasteiger partial charge on any atom is -0.481 e. The summed E-state index contributed by atoms with van der Waals surface area (Å²) in [6, 6.07) is 0.506. The van der Waals surface area contributed by atoms with Crippen molar-refractivity contribution in [1.29, 1.82) is 0 Å². The third-order valence-corrected chi connectivity index (χ3v) is 2.68. The highest BCUT2D eigenvalue weighted by Gasteiger charge is 2.42. The summed E-state index contributed by atoms with van der Waals surface area (Å²) in [5.74, 6) is -0.234. The molecule has 56 valence electrons. The van der Waals surface area contributed by atoms with Gasteiger partial charge in [-0.3, -0.25) is 4.79 Å². The van der Waals surface area contributed by atoms with Crippen molar-refractivity contribution in [2.24, 2.45) is 11.8 Å². The molecule has 2 bridgehead atoms. The Morgan fingerprint density at radius 2 is 2.30 bits per heavy atom. The zero-order valence-corrected chi connectivity index (χ0v) is 5.71. The SMILES string of the molecule is O=C(O)[C@@H]1C[C@@H]2C[C@H]1CN2. The lowest BCUT2D eigenvalue weighted by Crippen LogP contribution is -2.33. The van der Waals surface area contributed by atoms with Gasteiger partial charge in [-0.1, -0.05) is 0 Å². The van der Waals surface area contributed by atoms with Gasteiger partial charge < -0.3 is 10.4 Å². The summed E-state index contributed by atoms with van der Waals surface area (Å²) < 4.78 is 0. The van der Waals surface area contributed by atoms with Crippen LogP contribution < -0.4 is 5.32 Å². The van der Waals surface area contributed by atoms with Crippen LogP contribution in [-0.4, -0.2) is 23.7 Å². The second-order valence-electron chi connectivity index (χ2n) is 3.28. The van der Waals surface area contributed by atoms with Crippen LogP contribution in [0.2, 0.25) is 0 Å². The molecular weight excluding hydrogens is 130 g/mol. The maximum atomic E-state index is 10.6. The number of carboxylic acids is 1. The van der Waals surface area contributed by atoms with Gasteiger partial charge in [-0.15, -0.1) is 0 Å². The molecule has 1 saturated heterocycles. The molecule has 0 aromatic rings. The van der Waals surface area contributed by atoms with Gasteiger partial charge in [0.2, 0.25) is 0 Å². The monoisotopic (exact) mass is 141 g/mol. The maximum absolute atomic E-state index is 10.6. The summed E-state index contributed by atoms with van der Waals surface area (Å²) in [6.07, 6.45) is 1.93. The van der Waals surface area contributed by atoms with Crippen molar-refractivity contribution in [2.75, 3.05) is 6.54 Å². The molecule has 3 heteroatoms. The van der Waals surface area contributed by atoms with Crippen LogP contribution in [0.15, 0.2) is 0 Å². The molecule has 1 aliphatic heterocycles. The van der Waals surface area contributed by atoms with Crippen LogP contribution in [0.5, 0.6) is 0 Å². The maximum Gasteiger partial charge on any atom is 0.306 e. The van der Waals surface area contributed by atoms with E-state index in [-0.39, 0.29) is 5.92 Å². The second-order valence-corrected chi connectivity index (χ2v) is 3.28. The van der Waals surface area contributed by atoms with Gasteiger partial charge in [-0.05, 0) is 25.3 Å². The molecule has 0 aromatic heterocycles. The molecule has 2 N–H and O–H groups in total. The van der Waals surface area contributed by atoms with Crippen LogP contribution >= 0.6 is 0 Å². The van der Waals surface area contributed by atoms with E-state index in [0.29, 0.717) is 12.0 Å². The fourth-order valence-electron chi connectivity index (χ4n) is 2.14. The Kier molecular flexibility index (Phi) is 1.20. The van der Waals surface area contributed by atoms with Crippen LogP contribution in [0, 0.1) is 11.8 Å². The summed E-state index contributed by atoms with van der Waals surface area (Å²) in [5.41, 5.74) is 0. The van der Waals surface area contributed by atoms with Crippen LogP contribution in [0.3, 0.4) is 0 Å². The van der Waals surface area contributed by atoms with Gasteiger partial charge in [-0.2, -0.15) is 0 Å². The van der Waals surface area contributed by atoms with E-state index >= 15 is 0 Å². The minimum atomic E-state index is -0.603. The van der Waals surface area contributed by atoms with Crippen molar-refractivity contribution in [2.45, 2.75) is 18.9 Å². The fourth-order valence-corrected chi connectivity index (χ4v) is 2.14. The van der Waals surface area contributed by atoms with Crippen LogP contribution in [0.1, 0.15) is 12.8 Å². The lowest BCUT2D eigenvalue weighted by Gasteiger charge is -2.17. The normalized spacial score (nSPS) is 44.2. The average Bonchev–Trinajstić information content (AvgIpc) is 2.44. The van der Waals surface area contributed by atoms with Gasteiger partial charge in [0.15, 0.2) is 0 Å². The molecule has 1 saturated carbocycles. The molecular formula is C7H11NO2. The van der Waals surface area contributed by atoms with Crippen LogP contribution in [-0.2, 0) is 4.79 Å². The smallest absolute Gasteiger partial charge is 0.306 e. The molecule has 3 atom stereocenters. The van der Waals surface area contributed by atoms with Crippen LogP contribution in [0.25, 0.3) is 0 Å².